The minimum atomic E-state index is 0.559. The van der Waals surface area contributed by atoms with Crippen molar-refractivity contribution in [1.29, 1.82) is 0 Å². The van der Waals surface area contributed by atoms with Crippen molar-refractivity contribution in [3.63, 3.8) is 0 Å². The van der Waals surface area contributed by atoms with Crippen LogP contribution in [0.15, 0.2) is 36.9 Å². The van der Waals surface area contributed by atoms with Crippen molar-refractivity contribution in [2.24, 2.45) is 0 Å². The van der Waals surface area contributed by atoms with E-state index in [0.29, 0.717) is 6.04 Å². The quantitative estimate of drug-likeness (QED) is 0.603. The number of hydrogen-bond acceptors (Lipinski definition) is 2. The Labute approximate surface area is 91.4 Å². The number of likely N-dealkylation sites (tertiary alicyclic amines) is 1. The highest BCUT2D eigenvalue weighted by Gasteiger charge is 2.24. The zero-order valence-electron chi connectivity index (χ0n) is 9.02. The first-order valence-corrected chi connectivity index (χ1v) is 5.51. The Bertz CT molecular complexity index is 329. The van der Waals surface area contributed by atoms with Crippen molar-refractivity contribution in [2.45, 2.75) is 18.9 Å². The standard InChI is InChI=1S/C13H18N2/c1-2-9-15-10-3-4-13(15)11-5-7-12(14)8-6-11/h2,5-8,13H,1,3-4,9-10,14H2/t13-/m0/s1. The maximum atomic E-state index is 5.69. The summed E-state index contributed by atoms with van der Waals surface area (Å²) >= 11 is 0. The van der Waals surface area contributed by atoms with Gasteiger partial charge in [0.05, 0.1) is 0 Å². The summed E-state index contributed by atoms with van der Waals surface area (Å²) in [4.78, 5) is 2.47. The molecule has 1 fully saturated rings. The van der Waals surface area contributed by atoms with Crippen LogP contribution in [-0.4, -0.2) is 18.0 Å². The van der Waals surface area contributed by atoms with Crippen molar-refractivity contribution in [1.82, 2.24) is 4.90 Å². The minimum Gasteiger partial charge on any atom is -0.399 e. The highest BCUT2D eigenvalue weighted by molar-refractivity contribution is 5.40. The number of nitrogen functional groups attached to an aromatic ring is 1. The molecule has 1 heterocycles. The summed E-state index contributed by atoms with van der Waals surface area (Å²) in [6.45, 7) is 5.97. The molecular formula is C13H18N2. The third kappa shape index (κ3) is 2.21. The summed E-state index contributed by atoms with van der Waals surface area (Å²) in [5, 5.41) is 0. The van der Waals surface area contributed by atoms with Crippen LogP contribution in [0.1, 0.15) is 24.4 Å². The third-order valence-electron chi connectivity index (χ3n) is 3.05. The van der Waals surface area contributed by atoms with Crippen molar-refractivity contribution in [3.8, 4) is 0 Å². The van der Waals surface area contributed by atoms with E-state index >= 15 is 0 Å². The lowest BCUT2D eigenvalue weighted by molar-refractivity contribution is 0.286. The van der Waals surface area contributed by atoms with Gasteiger partial charge in [0.2, 0.25) is 0 Å². The zero-order chi connectivity index (χ0) is 10.7. The van der Waals surface area contributed by atoms with Crippen LogP contribution >= 0.6 is 0 Å². The lowest BCUT2D eigenvalue weighted by Crippen LogP contribution is -2.23. The summed E-state index contributed by atoms with van der Waals surface area (Å²) in [7, 11) is 0. The number of hydrogen-bond donors (Lipinski definition) is 1. The molecule has 0 radical (unpaired) electrons. The predicted octanol–water partition coefficient (Wildman–Crippen LogP) is 2.59. The Morgan fingerprint density at radius 2 is 2.13 bits per heavy atom. The number of nitrogens with zero attached hydrogens (tertiary/aromatic N) is 1. The van der Waals surface area contributed by atoms with E-state index < -0.39 is 0 Å². The topological polar surface area (TPSA) is 29.3 Å². The first-order valence-electron chi connectivity index (χ1n) is 5.51. The molecule has 0 aliphatic carbocycles. The molecule has 15 heavy (non-hydrogen) atoms. The summed E-state index contributed by atoms with van der Waals surface area (Å²) in [5.41, 5.74) is 7.91. The Hall–Kier alpha value is -1.28. The van der Waals surface area contributed by atoms with E-state index in [1.807, 2.05) is 18.2 Å². The van der Waals surface area contributed by atoms with Gasteiger partial charge < -0.3 is 5.73 Å². The second-order valence-corrected chi connectivity index (χ2v) is 4.11. The van der Waals surface area contributed by atoms with Crippen molar-refractivity contribution >= 4 is 5.69 Å². The average Bonchev–Trinajstić information content (AvgIpc) is 2.68. The van der Waals surface area contributed by atoms with Gasteiger partial charge in [0, 0.05) is 18.3 Å². The van der Waals surface area contributed by atoms with Gasteiger partial charge in [0.15, 0.2) is 0 Å². The van der Waals surface area contributed by atoms with Gasteiger partial charge in [-0.2, -0.15) is 0 Å². The largest absolute Gasteiger partial charge is 0.399 e. The van der Waals surface area contributed by atoms with Crippen LogP contribution in [0.5, 0.6) is 0 Å². The molecule has 1 aromatic carbocycles. The molecule has 0 saturated carbocycles. The van der Waals surface area contributed by atoms with Gasteiger partial charge in [-0.05, 0) is 37.1 Å². The van der Waals surface area contributed by atoms with E-state index in [9.17, 15) is 0 Å². The molecule has 0 amide bonds. The first-order chi connectivity index (χ1) is 7.31. The van der Waals surface area contributed by atoms with Crippen molar-refractivity contribution < 1.29 is 0 Å². The molecule has 1 aliphatic heterocycles. The van der Waals surface area contributed by atoms with E-state index in [-0.39, 0.29) is 0 Å². The average molecular weight is 202 g/mol. The monoisotopic (exact) mass is 202 g/mol. The molecule has 2 heteroatoms. The maximum absolute atomic E-state index is 5.69. The molecule has 2 rings (SSSR count). The Morgan fingerprint density at radius 1 is 1.40 bits per heavy atom. The van der Waals surface area contributed by atoms with E-state index in [4.69, 9.17) is 5.73 Å². The fourth-order valence-electron chi connectivity index (χ4n) is 2.31. The zero-order valence-corrected chi connectivity index (χ0v) is 9.02. The predicted molar refractivity (Wildman–Crippen MR) is 64.6 cm³/mol. The van der Waals surface area contributed by atoms with Gasteiger partial charge in [-0.15, -0.1) is 6.58 Å². The van der Waals surface area contributed by atoms with Gasteiger partial charge in [-0.3, -0.25) is 4.90 Å². The molecule has 80 valence electrons. The fourth-order valence-corrected chi connectivity index (χ4v) is 2.31. The summed E-state index contributed by atoms with van der Waals surface area (Å²) in [6, 6.07) is 8.81. The van der Waals surface area contributed by atoms with Crippen molar-refractivity contribution in [3.05, 3.63) is 42.5 Å². The van der Waals surface area contributed by atoms with Crippen LogP contribution in [0, 0.1) is 0 Å². The van der Waals surface area contributed by atoms with Crippen LogP contribution < -0.4 is 5.73 Å². The van der Waals surface area contributed by atoms with Gasteiger partial charge in [0.25, 0.3) is 0 Å². The summed E-state index contributed by atoms with van der Waals surface area (Å²) in [5.74, 6) is 0. The normalized spacial score (nSPS) is 21.7. The van der Waals surface area contributed by atoms with E-state index in [1.54, 1.807) is 0 Å². The molecule has 1 saturated heterocycles. The molecule has 1 aromatic rings. The molecule has 2 nitrogen and oxygen atoms in total. The molecule has 0 unspecified atom stereocenters. The Kier molecular flexibility index (Phi) is 3.07. The van der Waals surface area contributed by atoms with E-state index in [1.165, 1.54) is 24.9 Å². The van der Waals surface area contributed by atoms with Crippen LogP contribution in [-0.2, 0) is 0 Å². The summed E-state index contributed by atoms with van der Waals surface area (Å²) in [6.07, 6.45) is 4.51. The molecule has 0 aromatic heterocycles. The smallest absolute Gasteiger partial charge is 0.0351 e. The van der Waals surface area contributed by atoms with Gasteiger partial charge >= 0.3 is 0 Å². The number of nitrogens with two attached hydrogens (primary N) is 1. The van der Waals surface area contributed by atoms with Crippen LogP contribution in [0.3, 0.4) is 0 Å². The second kappa shape index (κ2) is 4.49. The molecular weight excluding hydrogens is 184 g/mol. The van der Waals surface area contributed by atoms with Gasteiger partial charge in [0.1, 0.15) is 0 Å². The van der Waals surface area contributed by atoms with Gasteiger partial charge in [-0.1, -0.05) is 18.2 Å². The fraction of sp³-hybridized carbons (Fsp3) is 0.385. The van der Waals surface area contributed by atoms with Gasteiger partial charge in [-0.25, -0.2) is 0 Å². The van der Waals surface area contributed by atoms with Crippen LogP contribution in [0.4, 0.5) is 5.69 Å². The lowest BCUT2D eigenvalue weighted by Gasteiger charge is -2.23. The molecule has 0 spiro atoms. The van der Waals surface area contributed by atoms with Crippen LogP contribution in [0.2, 0.25) is 0 Å². The van der Waals surface area contributed by atoms with E-state index in [2.05, 4.69) is 23.6 Å². The highest BCUT2D eigenvalue weighted by Crippen LogP contribution is 2.31. The number of anilines is 1. The number of rotatable bonds is 3. The third-order valence-corrected chi connectivity index (χ3v) is 3.05. The molecule has 1 aliphatic rings. The molecule has 2 N–H and O–H groups in total. The lowest BCUT2D eigenvalue weighted by atomic mass is 10.0. The Balaban J connectivity index is 2.15. The van der Waals surface area contributed by atoms with Crippen molar-refractivity contribution in [2.75, 3.05) is 18.8 Å². The Morgan fingerprint density at radius 3 is 2.80 bits per heavy atom. The highest BCUT2D eigenvalue weighted by atomic mass is 15.2. The molecule has 1 atom stereocenters. The van der Waals surface area contributed by atoms with Crippen LogP contribution in [0.25, 0.3) is 0 Å². The SMILES string of the molecule is C=CCN1CCC[C@H]1c1ccc(N)cc1. The summed E-state index contributed by atoms with van der Waals surface area (Å²) < 4.78 is 0. The first kappa shape index (κ1) is 10.2. The minimum absolute atomic E-state index is 0.559. The number of benzene rings is 1. The van der Waals surface area contributed by atoms with E-state index in [0.717, 1.165) is 12.2 Å². The second-order valence-electron chi connectivity index (χ2n) is 4.11. The maximum Gasteiger partial charge on any atom is 0.0351 e. The molecule has 0 bridgehead atoms.